The third kappa shape index (κ3) is 8.54. The first-order valence-corrected chi connectivity index (χ1v) is 15.4. The van der Waals surface area contributed by atoms with E-state index in [2.05, 4.69) is 15.8 Å². The van der Waals surface area contributed by atoms with Crippen molar-refractivity contribution in [3.05, 3.63) is 102 Å². The number of sulfonamides is 1. The summed E-state index contributed by atoms with van der Waals surface area (Å²) in [4.78, 5) is 25.3. The van der Waals surface area contributed by atoms with Gasteiger partial charge in [-0.15, -0.1) is 0 Å². The summed E-state index contributed by atoms with van der Waals surface area (Å²) in [6, 6.07) is 24.6. The minimum absolute atomic E-state index is 0.0174. The van der Waals surface area contributed by atoms with Crippen LogP contribution in [0, 0.1) is 6.92 Å². The number of hydrogen-bond acceptors (Lipinski definition) is 9. The summed E-state index contributed by atoms with van der Waals surface area (Å²) in [5.41, 5.74) is 4.62. The van der Waals surface area contributed by atoms with Crippen LogP contribution in [0.2, 0.25) is 0 Å². The molecule has 240 valence electrons. The number of anilines is 2. The molecule has 0 radical (unpaired) electrons. The van der Waals surface area contributed by atoms with Gasteiger partial charge in [-0.2, -0.15) is 5.10 Å². The van der Waals surface area contributed by atoms with Crippen molar-refractivity contribution in [2.45, 2.75) is 11.8 Å². The maximum atomic E-state index is 13.7. The van der Waals surface area contributed by atoms with E-state index in [9.17, 15) is 18.0 Å². The van der Waals surface area contributed by atoms with E-state index in [0.717, 1.165) is 9.87 Å². The lowest BCUT2D eigenvalue weighted by Gasteiger charge is -2.24. The maximum Gasteiger partial charge on any atom is 0.264 e. The summed E-state index contributed by atoms with van der Waals surface area (Å²) in [5, 5.41) is 6.71. The molecule has 0 aromatic heterocycles. The van der Waals surface area contributed by atoms with Gasteiger partial charge in [-0.05, 0) is 73.2 Å². The van der Waals surface area contributed by atoms with Crippen LogP contribution in [0.5, 0.6) is 23.0 Å². The lowest BCUT2D eigenvalue weighted by Crippen LogP contribution is -2.39. The lowest BCUT2D eigenvalue weighted by atomic mass is 10.2. The number of para-hydroxylation sites is 2. The molecular weight excluding hydrogens is 612 g/mol. The largest absolute Gasteiger partial charge is 0.495 e. The summed E-state index contributed by atoms with van der Waals surface area (Å²) in [5.74, 6) is 0.649. The molecule has 0 aliphatic heterocycles. The second-order valence-electron chi connectivity index (χ2n) is 9.76. The molecule has 4 rings (SSSR count). The average molecular weight is 647 g/mol. The van der Waals surface area contributed by atoms with E-state index in [1.165, 1.54) is 51.8 Å². The standard InChI is InChI=1S/C33H34N4O8S/c1-23-9-16-27(17-10-23)46(40,41)37(25-13-18-30(43-3)31(19-25)44-4)21-32(38)36-34-20-24-11-14-26(15-12-24)45-22-33(39)35-28-7-5-6-8-29(28)42-2/h5-20H,21-22H2,1-4H3,(H,35,39)(H,36,38)/b34-20-. The number of methoxy groups -OCH3 is 3. The number of aryl methyl sites for hydroxylation is 1. The number of hydrogen-bond donors (Lipinski definition) is 2. The Morgan fingerprint density at radius 1 is 0.804 bits per heavy atom. The molecule has 46 heavy (non-hydrogen) atoms. The van der Waals surface area contributed by atoms with Crippen molar-refractivity contribution < 1.29 is 37.0 Å². The first kappa shape index (κ1) is 33.3. The summed E-state index contributed by atoms with van der Waals surface area (Å²) < 4.78 is 49.7. The molecule has 0 aliphatic carbocycles. The van der Waals surface area contributed by atoms with Crippen LogP contribution in [0.15, 0.2) is 101 Å². The molecule has 13 heteroatoms. The number of amides is 2. The second-order valence-corrected chi connectivity index (χ2v) is 11.6. The van der Waals surface area contributed by atoms with Crippen molar-refractivity contribution in [3.63, 3.8) is 0 Å². The molecule has 0 aliphatic rings. The zero-order valence-corrected chi connectivity index (χ0v) is 26.5. The van der Waals surface area contributed by atoms with Gasteiger partial charge in [0.05, 0.1) is 43.8 Å². The van der Waals surface area contributed by atoms with E-state index >= 15 is 0 Å². The minimum atomic E-state index is -4.15. The number of ether oxygens (including phenoxy) is 4. The molecule has 0 saturated carbocycles. The van der Waals surface area contributed by atoms with Crippen LogP contribution >= 0.6 is 0 Å². The van der Waals surface area contributed by atoms with Gasteiger partial charge in [-0.3, -0.25) is 13.9 Å². The quantitative estimate of drug-likeness (QED) is 0.152. The fraction of sp³-hybridized carbons (Fsp3) is 0.182. The number of carbonyl (C=O) groups excluding carboxylic acids is 2. The Morgan fingerprint density at radius 3 is 2.15 bits per heavy atom. The Labute approximate surface area is 267 Å². The fourth-order valence-electron chi connectivity index (χ4n) is 4.21. The van der Waals surface area contributed by atoms with Crippen LogP contribution < -0.4 is 34.0 Å². The van der Waals surface area contributed by atoms with Crippen molar-refractivity contribution in [2.24, 2.45) is 5.10 Å². The van der Waals surface area contributed by atoms with E-state index in [1.54, 1.807) is 66.7 Å². The normalized spacial score (nSPS) is 11.0. The van der Waals surface area contributed by atoms with Crippen molar-refractivity contribution >= 4 is 39.4 Å². The lowest BCUT2D eigenvalue weighted by molar-refractivity contribution is -0.119. The van der Waals surface area contributed by atoms with Gasteiger partial charge in [0, 0.05) is 6.07 Å². The molecule has 0 spiro atoms. The van der Waals surface area contributed by atoms with Crippen LogP contribution in [-0.4, -0.2) is 60.9 Å². The molecule has 12 nitrogen and oxygen atoms in total. The van der Waals surface area contributed by atoms with Gasteiger partial charge in [-0.25, -0.2) is 13.8 Å². The van der Waals surface area contributed by atoms with Crippen molar-refractivity contribution in [1.29, 1.82) is 0 Å². The minimum Gasteiger partial charge on any atom is -0.495 e. The number of carbonyl (C=O) groups is 2. The Bertz CT molecular complexity index is 1790. The highest BCUT2D eigenvalue weighted by Gasteiger charge is 2.28. The van der Waals surface area contributed by atoms with Crippen molar-refractivity contribution in [2.75, 3.05) is 44.1 Å². The van der Waals surface area contributed by atoms with Crippen LogP contribution in [0.25, 0.3) is 0 Å². The van der Waals surface area contributed by atoms with Gasteiger partial charge in [0.15, 0.2) is 18.1 Å². The van der Waals surface area contributed by atoms with Gasteiger partial charge >= 0.3 is 0 Å². The van der Waals surface area contributed by atoms with Crippen molar-refractivity contribution in [1.82, 2.24) is 5.43 Å². The van der Waals surface area contributed by atoms with E-state index < -0.39 is 22.5 Å². The second kappa shape index (κ2) is 15.4. The third-order valence-corrected chi connectivity index (χ3v) is 8.37. The molecule has 4 aromatic rings. The molecule has 2 amide bonds. The zero-order valence-electron chi connectivity index (χ0n) is 25.7. The van der Waals surface area contributed by atoms with Gasteiger partial charge in [0.2, 0.25) is 0 Å². The molecule has 0 saturated heterocycles. The van der Waals surface area contributed by atoms with Gasteiger partial charge in [0.1, 0.15) is 18.0 Å². The fourth-order valence-corrected chi connectivity index (χ4v) is 5.62. The molecule has 4 aromatic carbocycles. The molecule has 0 heterocycles. The molecule has 0 atom stereocenters. The van der Waals surface area contributed by atoms with Crippen LogP contribution in [0.1, 0.15) is 11.1 Å². The van der Waals surface area contributed by atoms with Gasteiger partial charge in [0.25, 0.3) is 21.8 Å². The zero-order chi connectivity index (χ0) is 33.1. The summed E-state index contributed by atoms with van der Waals surface area (Å²) >= 11 is 0. The average Bonchev–Trinajstić information content (AvgIpc) is 3.07. The number of rotatable bonds is 14. The molecule has 0 bridgehead atoms. The van der Waals surface area contributed by atoms with Crippen LogP contribution in [-0.2, 0) is 19.6 Å². The smallest absolute Gasteiger partial charge is 0.264 e. The maximum absolute atomic E-state index is 13.7. The predicted octanol–water partition coefficient (Wildman–Crippen LogP) is 4.38. The van der Waals surface area contributed by atoms with Crippen LogP contribution in [0.4, 0.5) is 11.4 Å². The topological polar surface area (TPSA) is 145 Å². The first-order chi connectivity index (χ1) is 22.1. The molecule has 2 N–H and O–H groups in total. The predicted molar refractivity (Wildman–Crippen MR) is 175 cm³/mol. The van der Waals surface area contributed by atoms with Crippen molar-refractivity contribution in [3.8, 4) is 23.0 Å². The summed E-state index contributed by atoms with van der Waals surface area (Å²) in [6.07, 6.45) is 1.39. The third-order valence-electron chi connectivity index (χ3n) is 6.59. The molecule has 0 fully saturated rings. The highest BCUT2D eigenvalue weighted by Crippen LogP contribution is 2.34. The van der Waals surface area contributed by atoms with Gasteiger partial charge < -0.3 is 24.3 Å². The van der Waals surface area contributed by atoms with E-state index in [1.807, 2.05) is 6.92 Å². The Kier molecular flexibility index (Phi) is 11.2. The van der Waals surface area contributed by atoms with E-state index in [4.69, 9.17) is 18.9 Å². The van der Waals surface area contributed by atoms with E-state index in [0.29, 0.717) is 34.2 Å². The first-order valence-electron chi connectivity index (χ1n) is 13.9. The monoisotopic (exact) mass is 646 g/mol. The Balaban J connectivity index is 1.39. The summed E-state index contributed by atoms with van der Waals surface area (Å²) in [7, 11) is 0.265. The highest BCUT2D eigenvalue weighted by molar-refractivity contribution is 7.92. The number of nitrogens with zero attached hydrogens (tertiary/aromatic N) is 2. The van der Waals surface area contributed by atoms with E-state index in [-0.39, 0.29) is 23.1 Å². The molecule has 0 unspecified atom stereocenters. The highest BCUT2D eigenvalue weighted by atomic mass is 32.2. The SMILES string of the molecule is COc1ccccc1NC(=O)COc1ccc(/C=N\NC(=O)CN(c2ccc(OC)c(OC)c2)S(=O)(=O)c2ccc(C)cc2)cc1. The molecular formula is C33H34N4O8S. The Hall–Kier alpha value is -5.56. The number of benzene rings is 4. The van der Waals surface area contributed by atoms with Crippen LogP contribution in [0.3, 0.4) is 0 Å². The number of nitrogens with one attached hydrogen (secondary N) is 2. The van der Waals surface area contributed by atoms with Gasteiger partial charge in [-0.1, -0.05) is 29.8 Å². The summed E-state index contributed by atoms with van der Waals surface area (Å²) in [6.45, 7) is 1.06. The Morgan fingerprint density at radius 2 is 1.48 bits per heavy atom. The number of hydrazone groups is 1.